The minimum absolute atomic E-state index is 0.0375. The van der Waals surface area contributed by atoms with E-state index in [9.17, 15) is 9.59 Å². The number of nitrogens with zero attached hydrogens (tertiary/aromatic N) is 4. The minimum Gasteiger partial charge on any atom is -0.467 e. The van der Waals surface area contributed by atoms with Crippen LogP contribution in [0.3, 0.4) is 0 Å². The van der Waals surface area contributed by atoms with E-state index in [0.29, 0.717) is 24.7 Å². The van der Waals surface area contributed by atoms with E-state index < -0.39 is 0 Å². The molecule has 0 saturated carbocycles. The predicted molar refractivity (Wildman–Crippen MR) is 87.1 cm³/mol. The average molecular weight is 339 g/mol. The first-order valence-electron chi connectivity index (χ1n) is 8.07. The summed E-state index contributed by atoms with van der Waals surface area (Å²) in [7, 11) is 0. The van der Waals surface area contributed by atoms with Crippen LogP contribution in [0.4, 0.5) is 0 Å². The molecule has 1 fully saturated rings. The molecule has 4 heterocycles. The molecule has 0 spiro atoms. The Labute approximate surface area is 143 Å². The van der Waals surface area contributed by atoms with Crippen LogP contribution >= 0.6 is 0 Å². The summed E-state index contributed by atoms with van der Waals surface area (Å²) in [6, 6.07) is 9.20. The number of rotatable bonds is 5. The molecule has 1 aliphatic heterocycles. The number of carbonyl (C=O) groups is 2. The number of aromatic nitrogens is 3. The van der Waals surface area contributed by atoms with E-state index in [1.165, 1.54) is 0 Å². The number of likely N-dealkylation sites (tertiary alicyclic amines) is 1. The van der Waals surface area contributed by atoms with Crippen LogP contribution in [0.15, 0.2) is 47.2 Å². The van der Waals surface area contributed by atoms with Crippen molar-refractivity contribution in [3.05, 3.63) is 54.4 Å². The van der Waals surface area contributed by atoms with Gasteiger partial charge in [-0.15, -0.1) is 10.2 Å². The highest BCUT2D eigenvalue weighted by atomic mass is 16.3. The molecular weight excluding hydrogens is 322 g/mol. The zero-order valence-electron chi connectivity index (χ0n) is 13.5. The molecular formula is C17H17N5O3. The highest BCUT2D eigenvalue weighted by Gasteiger charge is 2.34. The lowest BCUT2D eigenvalue weighted by Gasteiger charge is -2.14. The van der Waals surface area contributed by atoms with E-state index in [1.807, 2.05) is 34.9 Å². The Bertz CT molecular complexity index is 902. The van der Waals surface area contributed by atoms with Gasteiger partial charge in [-0.3, -0.25) is 14.0 Å². The van der Waals surface area contributed by atoms with Gasteiger partial charge in [0.2, 0.25) is 11.8 Å². The number of amides is 2. The van der Waals surface area contributed by atoms with Gasteiger partial charge in [0.1, 0.15) is 5.76 Å². The molecule has 1 unspecified atom stereocenters. The van der Waals surface area contributed by atoms with Gasteiger partial charge in [0.25, 0.3) is 0 Å². The molecule has 1 atom stereocenters. The maximum Gasteiger partial charge on any atom is 0.225 e. The van der Waals surface area contributed by atoms with Crippen LogP contribution in [0.2, 0.25) is 0 Å². The van der Waals surface area contributed by atoms with Crippen molar-refractivity contribution in [2.24, 2.45) is 5.92 Å². The van der Waals surface area contributed by atoms with E-state index in [-0.39, 0.29) is 30.7 Å². The van der Waals surface area contributed by atoms with Crippen molar-refractivity contribution in [2.45, 2.75) is 19.5 Å². The van der Waals surface area contributed by atoms with Crippen LogP contribution in [-0.2, 0) is 22.7 Å². The summed E-state index contributed by atoms with van der Waals surface area (Å²) in [6.45, 7) is 1.06. The lowest BCUT2D eigenvalue weighted by Crippen LogP contribution is -2.33. The van der Waals surface area contributed by atoms with Crippen molar-refractivity contribution < 1.29 is 14.0 Å². The summed E-state index contributed by atoms with van der Waals surface area (Å²) in [4.78, 5) is 26.1. The quantitative estimate of drug-likeness (QED) is 0.748. The molecule has 3 aromatic rings. The molecule has 1 saturated heterocycles. The summed E-state index contributed by atoms with van der Waals surface area (Å²) < 4.78 is 7.09. The average Bonchev–Trinajstić information content (AvgIpc) is 3.34. The van der Waals surface area contributed by atoms with Crippen molar-refractivity contribution in [3.63, 3.8) is 0 Å². The van der Waals surface area contributed by atoms with E-state index in [1.54, 1.807) is 17.2 Å². The van der Waals surface area contributed by atoms with Crippen LogP contribution in [0.5, 0.6) is 0 Å². The third-order valence-corrected chi connectivity index (χ3v) is 4.32. The van der Waals surface area contributed by atoms with Crippen molar-refractivity contribution in [2.75, 3.05) is 6.54 Å². The number of carbonyl (C=O) groups excluding carboxylic acids is 2. The highest BCUT2D eigenvalue weighted by molar-refractivity contribution is 5.89. The van der Waals surface area contributed by atoms with Gasteiger partial charge in [0.05, 0.1) is 25.3 Å². The molecule has 0 bridgehead atoms. The van der Waals surface area contributed by atoms with Crippen molar-refractivity contribution in [1.29, 1.82) is 0 Å². The van der Waals surface area contributed by atoms with Crippen molar-refractivity contribution >= 4 is 17.5 Å². The molecule has 1 N–H and O–H groups in total. The Balaban J connectivity index is 1.36. The molecule has 4 rings (SSSR count). The number of nitrogens with one attached hydrogen (secondary N) is 1. The fourth-order valence-corrected chi connectivity index (χ4v) is 3.01. The number of pyridine rings is 1. The monoisotopic (exact) mass is 339 g/mol. The maximum atomic E-state index is 12.4. The number of hydrogen-bond donors (Lipinski definition) is 1. The lowest BCUT2D eigenvalue weighted by molar-refractivity contribution is -0.129. The van der Waals surface area contributed by atoms with Gasteiger partial charge in [-0.2, -0.15) is 0 Å². The van der Waals surface area contributed by atoms with Crippen LogP contribution in [0.1, 0.15) is 18.0 Å². The number of fused-ring (bicyclic) bond motifs is 1. The number of hydrogen-bond acceptors (Lipinski definition) is 5. The number of furan rings is 1. The van der Waals surface area contributed by atoms with Gasteiger partial charge in [0, 0.05) is 19.2 Å². The van der Waals surface area contributed by atoms with Crippen LogP contribution in [0.25, 0.3) is 5.65 Å². The molecule has 25 heavy (non-hydrogen) atoms. The van der Waals surface area contributed by atoms with Crippen LogP contribution in [0, 0.1) is 5.92 Å². The largest absolute Gasteiger partial charge is 0.467 e. The van der Waals surface area contributed by atoms with Gasteiger partial charge in [-0.1, -0.05) is 6.07 Å². The van der Waals surface area contributed by atoms with Gasteiger partial charge >= 0.3 is 0 Å². The second kappa shape index (κ2) is 6.39. The Kier molecular flexibility index (Phi) is 3.93. The summed E-state index contributed by atoms with van der Waals surface area (Å²) in [6.07, 6.45) is 3.64. The lowest BCUT2D eigenvalue weighted by atomic mass is 10.1. The third-order valence-electron chi connectivity index (χ3n) is 4.32. The standard InChI is InChI=1S/C17H17N5O3/c23-16-8-12(10-21(16)11-13-4-3-7-25-13)17(24)18-9-15-20-19-14-5-1-2-6-22(14)15/h1-7,12H,8-11H2,(H,18,24). The van der Waals surface area contributed by atoms with Gasteiger partial charge in [-0.25, -0.2) is 0 Å². The van der Waals surface area contributed by atoms with Gasteiger partial charge in [0.15, 0.2) is 11.5 Å². The predicted octanol–water partition coefficient (Wildman–Crippen LogP) is 0.987. The first-order valence-corrected chi connectivity index (χ1v) is 8.07. The summed E-state index contributed by atoms with van der Waals surface area (Å²) >= 11 is 0. The molecule has 8 heteroatoms. The zero-order valence-corrected chi connectivity index (χ0v) is 13.5. The second-order valence-corrected chi connectivity index (χ2v) is 6.02. The van der Waals surface area contributed by atoms with Gasteiger partial charge < -0.3 is 14.6 Å². The Hall–Kier alpha value is -3.16. The summed E-state index contributed by atoms with van der Waals surface area (Å²) in [5.74, 6) is 0.819. The zero-order chi connectivity index (χ0) is 17.2. The van der Waals surface area contributed by atoms with E-state index in [0.717, 1.165) is 5.65 Å². The normalized spacial score (nSPS) is 17.4. The molecule has 128 valence electrons. The van der Waals surface area contributed by atoms with Gasteiger partial charge in [-0.05, 0) is 24.3 Å². The molecule has 0 radical (unpaired) electrons. The maximum absolute atomic E-state index is 12.4. The van der Waals surface area contributed by atoms with Crippen LogP contribution < -0.4 is 5.32 Å². The molecule has 2 amide bonds. The van der Waals surface area contributed by atoms with Crippen molar-refractivity contribution in [3.8, 4) is 0 Å². The van der Waals surface area contributed by atoms with Crippen molar-refractivity contribution in [1.82, 2.24) is 24.8 Å². The topological polar surface area (TPSA) is 92.7 Å². The molecule has 0 aliphatic carbocycles. The van der Waals surface area contributed by atoms with E-state index in [4.69, 9.17) is 4.42 Å². The fraction of sp³-hybridized carbons (Fsp3) is 0.294. The Morgan fingerprint density at radius 2 is 2.20 bits per heavy atom. The first-order chi connectivity index (χ1) is 12.2. The molecule has 0 aromatic carbocycles. The Morgan fingerprint density at radius 1 is 1.28 bits per heavy atom. The van der Waals surface area contributed by atoms with E-state index in [2.05, 4.69) is 15.5 Å². The SMILES string of the molecule is O=C(NCc1nnc2ccccn12)C1CC(=O)N(Cc2ccco2)C1. The highest BCUT2D eigenvalue weighted by Crippen LogP contribution is 2.20. The molecule has 3 aromatic heterocycles. The minimum atomic E-state index is -0.360. The second-order valence-electron chi connectivity index (χ2n) is 6.02. The fourth-order valence-electron chi connectivity index (χ4n) is 3.01. The third kappa shape index (κ3) is 3.10. The first kappa shape index (κ1) is 15.4. The van der Waals surface area contributed by atoms with E-state index >= 15 is 0 Å². The smallest absolute Gasteiger partial charge is 0.225 e. The van der Waals surface area contributed by atoms with Crippen LogP contribution in [-0.4, -0.2) is 37.9 Å². The summed E-state index contributed by atoms with van der Waals surface area (Å²) in [5, 5.41) is 11.0. The molecule has 8 nitrogen and oxygen atoms in total. The summed E-state index contributed by atoms with van der Waals surface area (Å²) in [5.41, 5.74) is 0.729. The Morgan fingerprint density at radius 3 is 3.04 bits per heavy atom. The molecule has 1 aliphatic rings.